The summed E-state index contributed by atoms with van der Waals surface area (Å²) < 4.78 is 11.6. The Morgan fingerprint density at radius 2 is 1.92 bits per heavy atom. The number of nitrogens with one attached hydrogen (secondary N) is 2. The van der Waals surface area contributed by atoms with Crippen LogP contribution in [-0.2, 0) is 13.0 Å². The quantitative estimate of drug-likeness (QED) is 0.310. The van der Waals surface area contributed by atoms with Crippen molar-refractivity contribution in [3.05, 3.63) is 38.3 Å². The second-order valence-corrected chi connectivity index (χ2v) is 7.44. The van der Waals surface area contributed by atoms with Crippen LogP contribution in [0.15, 0.2) is 27.8 Å². The molecule has 0 saturated carbocycles. The summed E-state index contributed by atoms with van der Waals surface area (Å²) in [6.45, 7) is 3.45. The number of halogens is 2. The Bertz CT molecular complexity index is 740. The molecule has 0 aliphatic heterocycles. The Labute approximate surface area is 184 Å². The molecule has 26 heavy (non-hydrogen) atoms. The number of aromatic nitrogens is 1. The lowest BCUT2D eigenvalue weighted by Gasteiger charge is -2.14. The van der Waals surface area contributed by atoms with Crippen molar-refractivity contribution < 1.29 is 9.47 Å². The first-order valence-electron chi connectivity index (χ1n) is 7.83. The second kappa shape index (κ2) is 11.6. The van der Waals surface area contributed by atoms with E-state index in [-0.39, 0.29) is 24.0 Å². The zero-order valence-corrected chi connectivity index (χ0v) is 20.0. The minimum atomic E-state index is 0. The molecule has 2 rings (SSSR count). The van der Waals surface area contributed by atoms with E-state index in [1.54, 1.807) is 32.6 Å². The summed E-state index contributed by atoms with van der Waals surface area (Å²) >= 11 is 5.29. The van der Waals surface area contributed by atoms with Crippen molar-refractivity contribution in [2.45, 2.75) is 19.9 Å². The molecule has 144 valence electrons. The van der Waals surface area contributed by atoms with Gasteiger partial charge in [0.05, 0.1) is 19.2 Å². The van der Waals surface area contributed by atoms with Crippen LogP contribution < -0.4 is 20.1 Å². The maximum atomic E-state index is 5.36. The highest BCUT2D eigenvalue weighted by Crippen LogP contribution is 2.33. The molecular formula is C17H24BrIN4O2S. The van der Waals surface area contributed by atoms with Crippen molar-refractivity contribution >= 4 is 57.2 Å². The average molecular weight is 555 g/mol. The van der Waals surface area contributed by atoms with Gasteiger partial charge in [-0.3, -0.25) is 4.99 Å². The second-order valence-electron chi connectivity index (χ2n) is 5.27. The molecule has 2 aromatic rings. The van der Waals surface area contributed by atoms with E-state index >= 15 is 0 Å². The summed E-state index contributed by atoms with van der Waals surface area (Å²) in [5.41, 5.74) is 1.05. The number of rotatable bonds is 7. The van der Waals surface area contributed by atoms with Gasteiger partial charge in [0.2, 0.25) is 0 Å². The fraction of sp³-hybridized carbons (Fsp3) is 0.412. The molecule has 0 aliphatic rings. The van der Waals surface area contributed by atoms with Crippen molar-refractivity contribution in [2.24, 2.45) is 4.99 Å². The number of thiazole rings is 1. The molecule has 0 saturated heterocycles. The van der Waals surface area contributed by atoms with Crippen molar-refractivity contribution in [2.75, 3.05) is 27.8 Å². The number of guanidine groups is 1. The van der Waals surface area contributed by atoms with Gasteiger partial charge in [0, 0.05) is 42.1 Å². The smallest absolute Gasteiger partial charge is 0.191 e. The molecule has 2 N–H and O–H groups in total. The first kappa shape index (κ1) is 23.0. The van der Waals surface area contributed by atoms with E-state index in [4.69, 9.17) is 9.47 Å². The normalized spacial score (nSPS) is 10.9. The molecule has 1 heterocycles. The van der Waals surface area contributed by atoms with Gasteiger partial charge in [-0.05, 0) is 24.6 Å². The summed E-state index contributed by atoms with van der Waals surface area (Å²) in [4.78, 5) is 9.85. The van der Waals surface area contributed by atoms with Gasteiger partial charge in [0.25, 0.3) is 0 Å². The number of aliphatic imine (C=N–C) groups is 1. The van der Waals surface area contributed by atoms with Gasteiger partial charge >= 0.3 is 0 Å². The third-order valence-electron chi connectivity index (χ3n) is 3.52. The minimum absolute atomic E-state index is 0. The van der Waals surface area contributed by atoms with E-state index in [0.717, 1.165) is 34.0 Å². The molecule has 0 fully saturated rings. The van der Waals surface area contributed by atoms with Crippen LogP contribution in [0.3, 0.4) is 0 Å². The number of nitrogens with zero attached hydrogens (tertiary/aromatic N) is 2. The molecule has 6 nitrogen and oxygen atoms in total. The maximum absolute atomic E-state index is 5.36. The van der Waals surface area contributed by atoms with Crippen LogP contribution in [0.4, 0.5) is 0 Å². The first-order chi connectivity index (χ1) is 12.1. The van der Waals surface area contributed by atoms with Crippen LogP contribution in [0.1, 0.15) is 15.4 Å². The van der Waals surface area contributed by atoms with Gasteiger partial charge in [0.1, 0.15) is 0 Å². The van der Waals surface area contributed by atoms with Crippen LogP contribution in [0, 0.1) is 6.92 Å². The number of hydrogen-bond donors (Lipinski definition) is 2. The molecule has 0 bridgehead atoms. The highest BCUT2D eigenvalue weighted by Gasteiger charge is 2.10. The molecule has 0 aliphatic carbocycles. The zero-order chi connectivity index (χ0) is 18.2. The monoisotopic (exact) mass is 554 g/mol. The van der Waals surface area contributed by atoms with Crippen molar-refractivity contribution in [1.29, 1.82) is 0 Å². The Balaban J connectivity index is 0.00000338. The number of benzene rings is 1. The van der Waals surface area contributed by atoms with E-state index in [1.807, 2.05) is 18.3 Å². The third kappa shape index (κ3) is 6.58. The van der Waals surface area contributed by atoms with E-state index in [1.165, 1.54) is 4.88 Å². The number of aryl methyl sites for hydroxylation is 1. The molecule has 0 atom stereocenters. The van der Waals surface area contributed by atoms with Crippen LogP contribution >= 0.6 is 51.2 Å². The van der Waals surface area contributed by atoms with E-state index in [9.17, 15) is 0 Å². The molecule has 1 aromatic carbocycles. The number of ether oxygens (including phenoxy) is 2. The van der Waals surface area contributed by atoms with Crippen molar-refractivity contribution in [3.63, 3.8) is 0 Å². The Morgan fingerprint density at radius 1 is 1.23 bits per heavy atom. The molecule has 0 radical (unpaired) electrons. The van der Waals surface area contributed by atoms with Crippen molar-refractivity contribution in [1.82, 2.24) is 15.6 Å². The fourth-order valence-electron chi connectivity index (χ4n) is 2.24. The lowest BCUT2D eigenvalue weighted by Crippen LogP contribution is -2.37. The van der Waals surface area contributed by atoms with Gasteiger partial charge in [-0.25, -0.2) is 4.98 Å². The maximum Gasteiger partial charge on any atom is 0.191 e. The first-order valence-corrected chi connectivity index (χ1v) is 9.44. The predicted octanol–water partition coefficient (Wildman–Crippen LogP) is 3.76. The summed E-state index contributed by atoms with van der Waals surface area (Å²) in [5, 5.41) is 7.73. The Kier molecular flexibility index (Phi) is 10.3. The van der Waals surface area contributed by atoms with E-state index < -0.39 is 0 Å². The Hall–Kier alpha value is -1.07. The highest BCUT2D eigenvalue weighted by molar-refractivity contribution is 14.0. The van der Waals surface area contributed by atoms with Gasteiger partial charge in [-0.15, -0.1) is 35.3 Å². The van der Waals surface area contributed by atoms with Gasteiger partial charge in [-0.2, -0.15) is 0 Å². The van der Waals surface area contributed by atoms with Gasteiger partial charge < -0.3 is 20.1 Å². The van der Waals surface area contributed by atoms with Crippen LogP contribution in [0.5, 0.6) is 11.5 Å². The molecule has 0 spiro atoms. The van der Waals surface area contributed by atoms with E-state index in [2.05, 4.69) is 43.5 Å². The fourth-order valence-corrected chi connectivity index (χ4v) is 3.49. The average Bonchev–Trinajstić information content (AvgIpc) is 3.03. The SMILES string of the molecule is CN=C(NCCc1ncc(C)s1)NCc1cc(OC)c(OC)cc1Br.I. The minimum Gasteiger partial charge on any atom is -0.493 e. The van der Waals surface area contributed by atoms with Crippen LogP contribution in [0.2, 0.25) is 0 Å². The molecule has 0 amide bonds. The standard InChI is InChI=1S/C17H23BrN4O2S.HI/c1-11-9-21-16(25-11)5-6-20-17(19-2)22-10-12-7-14(23-3)15(24-4)8-13(12)18;/h7-9H,5-6,10H2,1-4H3,(H2,19,20,22);1H. The van der Waals surface area contributed by atoms with Crippen LogP contribution in [-0.4, -0.2) is 38.8 Å². The molecule has 0 unspecified atom stereocenters. The highest BCUT2D eigenvalue weighted by atomic mass is 127. The topological polar surface area (TPSA) is 67.8 Å². The molecular weight excluding hydrogens is 531 g/mol. The zero-order valence-electron chi connectivity index (χ0n) is 15.3. The van der Waals surface area contributed by atoms with Crippen LogP contribution in [0.25, 0.3) is 0 Å². The summed E-state index contributed by atoms with van der Waals surface area (Å²) in [6.07, 6.45) is 2.78. The Morgan fingerprint density at radius 3 is 2.50 bits per heavy atom. The number of methoxy groups -OCH3 is 2. The summed E-state index contributed by atoms with van der Waals surface area (Å²) in [5.74, 6) is 2.14. The molecule has 1 aromatic heterocycles. The molecule has 9 heteroatoms. The lowest BCUT2D eigenvalue weighted by molar-refractivity contribution is 0.354. The largest absolute Gasteiger partial charge is 0.493 e. The van der Waals surface area contributed by atoms with Crippen molar-refractivity contribution in [3.8, 4) is 11.5 Å². The van der Waals surface area contributed by atoms with Gasteiger partial charge in [-0.1, -0.05) is 15.9 Å². The van der Waals surface area contributed by atoms with Gasteiger partial charge in [0.15, 0.2) is 17.5 Å². The summed E-state index contributed by atoms with van der Waals surface area (Å²) in [7, 11) is 5.01. The van der Waals surface area contributed by atoms with E-state index in [0.29, 0.717) is 18.0 Å². The number of hydrogen-bond acceptors (Lipinski definition) is 5. The third-order valence-corrected chi connectivity index (χ3v) is 5.23. The lowest BCUT2D eigenvalue weighted by atomic mass is 10.2. The predicted molar refractivity (Wildman–Crippen MR) is 121 cm³/mol. The summed E-state index contributed by atoms with van der Waals surface area (Å²) in [6, 6.07) is 3.85.